The summed E-state index contributed by atoms with van der Waals surface area (Å²) in [4.78, 5) is 11.8. The van der Waals surface area contributed by atoms with Crippen LogP contribution < -0.4 is 10.6 Å². The van der Waals surface area contributed by atoms with Gasteiger partial charge in [-0.05, 0) is 49.4 Å². The summed E-state index contributed by atoms with van der Waals surface area (Å²) in [7, 11) is 0. The van der Waals surface area contributed by atoms with Gasteiger partial charge in [0.15, 0.2) is 0 Å². The standard InChI is InChI=1S/C17H26N2OS/c1-5-6-15-9-16(20)19-17(18-15)21-10-14-8-12(3)11(2)7-13(14)4/h7-8,15,17-18H,5-6,9-10H2,1-4H3,(H,19,20). The molecule has 1 heterocycles. The van der Waals surface area contributed by atoms with Gasteiger partial charge in [-0.25, -0.2) is 0 Å². The average molecular weight is 306 g/mol. The minimum Gasteiger partial charge on any atom is -0.332 e. The van der Waals surface area contributed by atoms with Gasteiger partial charge in [0.1, 0.15) is 5.50 Å². The first-order valence-corrected chi connectivity index (χ1v) is 8.78. The second kappa shape index (κ2) is 7.32. The van der Waals surface area contributed by atoms with E-state index in [1.807, 2.05) is 0 Å². The number of benzene rings is 1. The second-order valence-electron chi connectivity index (χ2n) is 5.98. The van der Waals surface area contributed by atoms with Gasteiger partial charge < -0.3 is 5.32 Å². The van der Waals surface area contributed by atoms with E-state index in [1.165, 1.54) is 22.3 Å². The maximum absolute atomic E-state index is 11.8. The van der Waals surface area contributed by atoms with Crippen molar-refractivity contribution >= 4 is 17.7 Å². The molecule has 2 atom stereocenters. The van der Waals surface area contributed by atoms with Crippen LogP contribution in [0.25, 0.3) is 0 Å². The Morgan fingerprint density at radius 3 is 2.62 bits per heavy atom. The molecule has 1 fully saturated rings. The molecule has 3 nitrogen and oxygen atoms in total. The normalized spacial score (nSPS) is 22.2. The van der Waals surface area contributed by atoms with Crippen LogP contribution in [-0.4, -0.2) is 17.4 Å². The molecular weight excluding hydrogens is 280 g/mol. The fourth-order valence-corrected chi connectivity index (χ4v) is 3.88. The summed E-state index contributed by atoms with van der Waals surface area (Å²) in [6.07, 6.45) is 2.78. The summed E-state index contributed by atoms with van der Waals surface area (Å²) in [5.41, 5.74) is 5.40. The lowest BCUT2D eigenvalue weighted by molar-refractivity contribution is -0.123. The van der Waals surface area contributed by atoms with Crippen molar-refractivity contribution in [1.82, 2.24) is 10.6 Å². The third-order valence-corrected chi connectivity index (χ3v) is 5.17. The lowest BCUT2D eigenvalue weighted by Gasteiger charge is -2.31. The van der Waals surface area contributed by atoms with Crippen molar-refractivity contribution in [2.45, 2.75) is 64.2 Å². The third kappa shape index (κ3) is 4.48. The van der Waals surface area contributed by atoms with Crippen LogP contribution in [0, 0.1) is 20.8 Å². The Morgan fingerprint density at radius 1 is 1.19 bits per heavy atom. The molecule has 1 aliphatic heterocycles. The van der Waals surface area contributed by atoms with Crippen molar-refractivity contribution in [2.75, 3.05) is 0 Å². The number of rotatable bonds is 5. The molecule has 1 aromatic rings. The summed E-state index contributed by atoms with van der Waals surface area (Å²) in [6, 6.07) is 4.84. The van der Waals surface area contributed by atoms with Crippen molar-refractivity contribution in [3.8, 4) is 0 Å². The molecule has 2 N–H and O–H groups in total. The molecule has 0 aliphatic carbocycles. The van der Waals surface area contributed by atoms with E-state index in [2.05, 4.69) is 50.5 Å². The lowest BCUT2D eigenvalue weighted by Crippen LogP contribution is -2.54. The largest absolute Gasteiger partial charge is 0.332 e. The Hall–Kier alpha value is -1.00. The van der Waals surface area contributed by atoms with E-state index in [0.29, 0.717) is 12.5 Å². The Kier molecular flexibility index (Phi) is 5.71. The molecule has 0 radical (unpaired) electrons. The zero-order valence-electron chi connectivity index (χ0n) is 13.5. The molecule has 4 heteroatoms. The minimum absolute atomic E-state index is 0.0313. The predicted octanol–water partition coefficient (Wildman–Crippen LogP) is 3.41. The number of thioether (sulfide) groups is 1. The first-order valence-electron chi connectivity index (χ1n) is 7.73. The van der Waals surface area contributed by atoms with E-state index in [0.717, 1.165) is 18.6 Å². The van der Waals surface area contributed by atoms with E-state index in [4.69, 9.17) is 0 Å². The summed E-state index contributed by atoms with van der Waals surface area (Å²) in [5, 5.41) is 6.56. The highest BCUT2D eigenvalue weighted by Gasteiger charge is 2.25. The van der Waals surface area contributed by atoms with Gasteiger partial charge in [0.25, 0.3) is 0 Å². The Labute approximate surface area is 132 Å². The van der Waals surface area contributed by atoms with Crippen LogP contribution >= 0.6 is 11.8 Å². The molecule has 2 unspecified atom stereocenters. The molecule has 1 amide bonds. The Bertz CT molecular complexity index is 516. The first-order chi connectivity index (χ1) is 9.99. The Balaban J connectivity index is 1.96. The number of amides is 1. The minimum atomic E-state index is 0.0313. The molecule has 1 aliphatic rings. The number of hydrogen-bond donors (Lipinski definition) is 2. The molecule has 1 saturated heterocycles. The number of aryl methyl sites for hydroxylation is 3. The third-order valence-electron chi connectivity index (χ3n) is 4.11. The van der Waals surface area contributed by atoms with Crippen LogP contribution in [0.2, 0.25) is 0 Å². The van der Waals surface area contributed by atoms with Crippen molar-refractivity contribution in [1.29, 1.82) is 0 Å². The second-order valence-corrected chi connectivity index (χ2v) is 7.07. The fraction of sp³-hybridized carbons (Fsp3) is 0.588. The molecule has 116 valence electrons. The van der Waals surface area contributed by atoms with Crippen LogP contribution in [0.5, 0.6) is 0 Å². The highest BCUT2D eigenvalue weighted by atomic mass is 32.2. The zero-order valence-corrected chi connectivity index (χ0v) is 14.3. The van der Waals surface area contributed by atoms with E-state index in [9.17, 15) is 4.79 Å². The van der Waals surface area contributed by atoms with Crippen LogP contribution in [0.15, 0.2) is 12.1 Å². The SMILES string of the molecule is CCCC1CC(=O)NC(SCc2cc(C)c(C)cc2C)N1. The smallest absolute Gasteiger partial charge is 0.223 e. The molecule has 1 aromatic carbocycles. The maximum atomic E-state index is 11.8. The number of carbonyl (C=O) groups excluding carboxylic acids is 1. The summed E-state index contributed by atoms with van der Waals surface area (Å²) >= 11 is 1.77. The highest BCUT2D eigenvalue weighted by Crippen LogP contribution is 2.23. The van der Waals surface area contributed by atoms with Gasteiger partial charge in [0, 0.05) is 18.2 Å². The van der Waals surface area contributed by atoms with Gasteiger partial charge in [-0.15, -0.1) is 11.8 Å². The van der Waals surface area contributed by atoms with Crippen molar-refractivity contribution in [2.24, 2.45) is 0 Å². The van der Waals surface area contributed by atoms with Crippen LogP contribution in [0.1, 0.15) is 48.4 Å². The van der Waals surface area contributed by atoms with Gasteiger partial charge in [-0.3, -0.25) is 10.1 Å². The van der Waals surface area contributed by atoms with Crippen molar-refractivity contribution in [3.63, 3.8) is 0 Å². The summed E-state index contributed by atoms with van der Waals surface area (Å²) in [5.74, 6) is 1.09. The van der Waals surface area contributed by atoms with Crippen LogP contribution in [0.3, 0.4) is 0 Å². The highest BCUT2D eigenvalue weighted by molar-refractivity contribution is 7.99. The quantitative estimate of drug-likeness (QED) is 0.876. The number of carbonyl (C=O) groups is 1. The zero-order chi connectivity index (χ0) is 15.4. The maximum Gasteiger partial charge on any atom is 0.223 e. The van der Waals surface area contributed by atoms with Gasteiger partial charge in [0.2, 0.25) is 5.91 Å². The van der Waals surface area contributed by atoms with Gasteiger partial charge in [-0.2, -0.15) is 0 Å². The Morgan fingerprint density at radius 2 is 1.90 bits per heavy atom. The topological polar surface area (TPSA) is 41.1 Å². The van der Waals surface area contributed by atoms with Crippen molar-refractivity contribution in [3.05, 3.63) is 34.4 Å². The van der Waals surface area contributed by atoms with E-state index >= 15 is 0 Å². The predicted molar refractivity (Wildman–Crippen MR) is 90.3 cm³/mol. The van der Waals surface area contributed by atoms with Crippen LogP contribution in [-0.2, 0) is 10.5 Å². The van der Waals surface area contributed by atoms with Gasteiger partial charge in [0.05, 0.1) is 0 Å². The summed E-state index contributed by atoms with van der Waals surface area (Å²) in [6.45, 7) is 8.63. The molecule has 0 spiro atoms. The molecule has 0 saturated carbocycles. The van der Waals surface area contributed by atoms with Crippen LogP contribution in [0.4, 0.5) is 0 Å². The average Bonchev–Trinajstić information content (AvgIpc) is 2.41. The molecule has 21 heavy (non-hydrogen) atoms. The van der Waals surface area contributed by atoms with E-state index < -0.39 is 0 Å². The lowest BCUT2D eigenvalue weighted by atomic mass is 10.0. The monoisotopic (exact) mass is 306 g/mol. The number of nitrogens with one attached hydrogen (secondary N) is 2. The first kappa shape index (κ1) is 16.4. The van der Waals surface area contributed by atoms with E-state index in [-0.39, 0.29) is 11.4 Å². The number of hydrogen-bond acceptors (Lipinski definition) is 3. The van der Waals surface area contributed by atoms with Gasteiger partial charge in [-0.1, -0.05) is 25.5 Å². The molecule has 0 aromatic heterocycles. The molecule has 0 bridgehead atoms. The van der Waals surface area contributed by atoms with Gasteiger partial charge >= 0.3 is 0 Å². The van der Waals surface area contributed by atoms with E-state index in [1.54, 1.807) is 11.8 Å². The van der Waals surface area contributed by atoms with Crippen molar-refractivity contribution < 1.29 is 4.79 Å². The fourth-order valence-electron chi connectivity index (χ4n) is 2.72. The summed E-state index contributed by atoms with van der Waals surface area (Å²) < 4.78 is 0. The molecular formula is C17H26N2OS. The molecule has 2 rings (SSSR count).